The first kappa shape index (κ1) is 20.0. The molecule has 0 bridgehead atoms. The highest BCUT2D eigenvalue weighted by molar-refractivity contribution is 6.30. The number of nitrogens with zero attached hydrogens (tertiary/aromatic N) is 2. The van der Waals surface area contributed by atoms with E-state index in [0.717, 1.165) is 16.5 Å². The highest BCUT2D eigenvalue weighted by Crippen LogP contribution is 2.23. The lowest BCUT2D eigenvalue weighted by Gasteiger charge is -2.25. The van der Waals surface area contributed by atoms with E-state index in [4.69, 9.17) is 16.3 Å². The van der Waals surface area contributed by atoms with Crippen molar-refractivity contribution in [2.24, 2.45) is 5.92 Å². The summed E-state index contributed by atoms with van der Waals surface area (Å²) in [6.07, 6.45) is 0. The number of para-hydroxylation sites is 1. The number of rotatable bonds is 6. The molecule has 1 aromatic heterocycles. The van der Waals surface area contributed by atoms with Crippen molar-refractivity contribution in [3.05, 3.63) is 65.3 Å². The van der Waals surface area contributed by atoms with Gasteiger partial charge in [-0.05, 0) is 30.2 Å². The second-order valence-corrected chi connectivity index (χ2v) is 7.43. The van der Waals surface area contributed by atoms with Gasteiger partial charge in [0.25, 0.3) is 0 Å². The van der Waals surface area contributed by atoms with Crippen molar-refractivity contribution >= 4 is 34.2 Å². The molecule has 2 amide bonds. The lowest BCUT2D eigenvalue weighted by Crippen LogP contribution is -2.37. The third-order valence-corrected chi connectivity index (χ3v) is 4.63. The van der Waals surface area contributed by atoms with Crippen LogP contribution in [0.1, 0.15) is 19.4 Å². The molecule has 0 saturated heterocycles. The number of pyridine rings is 1. The summed E-state index contributed by atoms with van der Waals surface area (Å²) in [6.45, 7) is 5.13. The Morgan fingerprint density at radius 3 is 2.71 bits per heavy atom. The van der Waals surface area contributed by atoms with Crippen molar-refractivity contribution in [1.29, 1.82) is 0 Å². The average Bonchev–Trinajstić information content (AvgIpc) is 2.67. The standard InChI is InChI=1S/C22H24ClN3O2/c1-15(2)13-26(22(27)24-18-8-6-9-19(12-18)28-3)14-17-11-16-7-4-5-10-20(16)25-21(17)23/h4-12,15H,13-14H2,1-3H3,(H,24,27). The molecule has 1 heterocycles. The van der Waals surface area contributed by atoms with Crippen LogP contribution in [0, 0.1) is 5.92 Å². The van der Waals surface area contributed by atoms with Gasteiger partial charge in [0.15, 0.2) is 0 Å². The monoisotopic (exact) mass is 397 g/mol. The predicted molar refractivity (Wildman–Crippen MR) is 114 cm³/mol. The molecule has 2 aromatic carbocycles. The fraction of sp³-hybridized carbons (Fsp3) is 0.273. The van der Waals surface area contributed by atoms with Gasteiger partial charge in [-0.1, -0.05) is 49.7 Å². The smallest absolute Gasteiger partial charge is 0.322 e. The van der Waals surface area contributed by atoms with Crippen LogP contribution in [-0.2, 0) is 6.54 Å². The molecule has 6 heteroatoms. The molecule has 28 heavy (non-hydrogen) atoms. The third-order valence-electron chi connectivity index (χ3n) is 4.31. The van der Waals surface area contributed by atoms with Crippen molar-refractivity contribution in [2.75, 3.05) is 19.0 Å². The lowest BCUT2D eigenvalue weighted by atomic mass is 10.1. The fourth-order valence-electron chi connectivity index (χ4n) is 3.02. The van der Waals surface area contributed by atoms with E-state index in [1.807, 2.05) is 48.5 Å². The van der Waals surface area contributed by atoms with E-state index in [-0.39, 0.29) is 6.03 Å². The molecule has 0 saturated carbocycles. The summed E-state index contributed by atoms with van der Waals surface area (Å²) in [5.41, 5.74) is 2.34. The minimum absolute atomic E-state index is 0.189. The van der Waals surface area contributed by atoms with Crippen LogP contribution in [0.5, 0.6) is 5.75 Å². The summed E-state index contributed by atoms with van der Waals surface area (Å²) >= 11 is 6.40. The number of carbonyl (C=O) groups is 1. The summed E-state index contributed by atoms with van der Waals surface area (Å²) < 4.78 is 5.22. The highest BCUT2D eigenvalue weighted by atomic mass is 35.5. The average molecular weight is 398 g/mol. The molecular formula is C22H24ClN3O2. The van der Waals surface area contributed by atoms with Crippen LogP contribution >= 0.6 is 11.6 Å². The summed E-state index contributed by atoms with van der Waals surface area (Å²) in [5, 5.41) is 4.36. The van der Waals surface area contributed by atoms with Crippen LogP contribution in [-0.4, -0.2) is 29.6 Å². The van der Waals surface area contributed by atoms with Gasteiger partial charge >= 0.3 is 6.03 Å². The first-order chi connectivity index (χ1) is 13.5. The first-order valence-corrected chi connectivity index (χ1v) is 9.58. The van der Waals surface area contributed by atoms with Gasteiger partial charge in [0, 0.05) is 29.2 Å². The molecule has 1 N–H and O–H groups in total. The molecular weight excluding hydrogens is 374 g/mol. The normalized spacial score (nSPS) is 10.9. The molecule has 0 unspecified atom stereocenters. The van der Waals surface area contributed by atoms with E-state index < -0.39 is 0 Å². The maximum Gasteiger partial charge on any atom is 0.322 e. The molecule has 0 fully saturated rings. The molecule has 0 atom stereocenters. The Hall–Kier alpha value is -2.79. The third kappa shape index (κ3) is 4.93. The quantitative estimate of drug-likeness (QED) is 0.552. The van der Waals surface area contributed by atoms with Gasteiger partial charge in [0.05, 0.1) is 19.2 Å². The number of urea groups is 1. The van der Waals surface area contributed by atoms with Crippen molar-refractivity contribution in [2.45, 2.75) is 20.4 Å². The van der Waals surface area contributed by atoms with Crippen LogP contribution in [0.2, 0.25) is 5.15 Å². The van der Waals surface area contributed by atoms with Gasteiger partial charge in [0.1, 0.15) is 10.9 Å². The highest BCUT2D eigenvalue weighted by Gasteiger charge is 2.18. The fourth-order valence-corrected chi connectivity index (χ4v) is 3.22. The Morgan fingerprint density at radius 2 is 1.96 bits per heavy atom. The Labute approximate surface area is 170 Å². The Bertz CT molecular complexity index is 975. The molecule has 5 nitrogen and oxygen atoms in total. The van der Waals surface area contributed by atoms with Crippen molar-refractivity contribution < 1.29 is 9.53 Å². The van der Waals surface area contributed by atoms with Gasteiger partial charge in [-0.15, -0.1) is 0 Å². The lowest BCUT2D eigenvalue weighted by molar-refractivity contribution is 0.201. The Kier molecular flexibility index (Phi) is 6.37. The maximum absolute atomic E-state index is 12.9. The summed E-state index contributed by atoms with van der Waals surface area (Å²) in [7, 11) is 1.60. The number of aromatic nitrogens is 1. The van der Waals surface area contributed by atoms with E-state index in [0.29, 0.717) is 35.6 Å². The van der Waals surface area contributed by atoms with Gasteiger partial charge in [-0.3, -0.25) is 0 Å². The van der Waals surface area contributed by atoms with E-state index >= 15 is 0 Å². The Balaban J connectivity index is 1.83. The number of nitrogens with one attached hydrogen (secondary N) is 1. The topological polar surface area (TPSA) is 54.5 Å². The van der Waals surface area contributed by atoms with Crippen molar-refractivity contribution in [3.8, 4) is 5.75 Å². The number of benzene rings is 2. The number of methoxy groups -OCH3 is 1. The second kappa shape index (κ2) is 8.93. The number of amides is 2. The summed E-state index contributed by atoms with van der Waals surface area (Å²) in [6, 6.07) is 16.9. The second-order valence-electron chi connectivity index (χ2n) is 7.07. The van der Waals surface area contributed by atoms with Gasteiger partial charge in [-0.2, -0.15) is 0 Å². The molecule has 0 radical (unpaired) electrons. The first-order valence-electron chi connectivity index (χ1n) is 9.20. The number of ether oxygens (including phenoxy) is 1. The minimum Gasteiger partial charge on any atom is -0.497 e. The van der Waals surface area contributed by atoms with Crippen LogP contribution in [0.3, 0.4) is 0 Å². The number of halogens is 1. The Morgan fingerprint density at radius 1 is 1.18 bits per heavy atom. The molecule has 0 spiro atoms. The number of hydrogen-bond donors (Lipinski definition) is 1. The predicted octanol–water partition coefficient (Wildman–Crippen LogP) is 5.59. The van der Waals surface area contributed by atoms with Gasteiger partial charge in [0.2, 0.25) is 0 Å². The number of anilines is 1. The number of carbonyl (C=O) groups excluding carboxylic acids is 1. The van der Waals surface area contributed by atoms with E-state index in [2.05, 4.69) is 24.1 Å². The maximum atomic E-state index is 12.9. The van der Waals surface area contributed by atoms with Gasteiger partial charge in [-0.25, -0.2) is 9.78 Å². The van der Waals surface area contributed by atoms with Crippen LogP contribution in [0.4, 0.5) is 10.5 Å². The van der Waals surface area contributed by atoms with Gasteiger partial charge < -0.3 is 15.0 Å². The van der Waals surface area contributed by atoms with E-state index in [1.54, 1.807) is 18.1 Å². The minimum atomic E-state index is -0.189. The van der Waals surface area contributed by atoms with Crippen molar-refractivity contribution in [3.63, 3.8) is 0 Å². The molecule has 3 rings (SSSR count). The molecule has 3 aromatic rings. The summed E-state index contributed by atoms with van der Waals surface area (Å²) in [5.74, 6) is 0.998. The van der Waals surface area contributed by atoms with E-state index in [9.17, 15) is 4.79 Å². The summed E-state index contributed by atoms with van der Waals surface area (Å²) in [4.78, 5) is 19.2. The van der Waals surface area contributed by atoms with Crippen molar-refractivity contribution in [1.82, 2.24) is 9.88 Å². The molecule has 0 aliphatic carbocycles. The van der Waals surface area contributed by atoms with Crippen LogP contribution in [0.25, 0.3) is 10.9 Å². The SMILES string of the molecule is COc1cccc(NC(=O)N(Cc2cc3ccccc3nc2Cl)CC(C)C)c1. The zero-order valence-corrected chi connectivity index (χ0v) is 17.0. The van der Waals surface area contributed by atoms with Crippen LogP contribution in [0.15, 0.2) is 54.6 Å². The zero-order valence-electron chi connectivity index (χ0n) is 16.3. The number of fused-ring (bicyclic) bond motifs is 1. The van der Waals surface area contributed by atoms with E-state index in [1.165, 1.54) is 0 Å². The molecule has 0 aliphatic heterocycles. The molecule has 146 valence electrons. The molecule has 0 aliphatic rings. The van der Waals surface area contributed by atoms with Crippen LogP contribution < -0.4 is 10.1 Å². The largest absolute Gasteiger partial charge is 0.497 e. The number of hydrogen-bond acceptors (Lipinski definition) is 3. The zero-order chi connectivity index (χ0) is 20.1.